The molecule has 1 N–H and O–H groups in total. The number of carbonyl (C=O) groups is 1. The van der Waals surface area contributed by atoms with Crippen LogP contribution in [-0.2, 0) is 0 Å². The highest BCUT2D eigenvalue weighted by molar-refractivity contribution is 5.98. The quantitative estimate of drug-likeness (QED) is 0.355. The monoisotopic (exact) mass is 411 g/mol. The Morgan fingerprint density at radius 1 is 1.07 bits per heavy atom. The Bertz CT molecular complexity index is 1200. The van der Waals surface area contributed by atoms with Gasteiger partial charge < -0.3 is 9.67 Å². The van der Waals surface area contributed by atoms with Gasteiger partial charge in [0.15, 0.2) is 5.69 Å². The number of hydrogen-bond acceptors (Lipinski definition) is 7. The molecular formula is C19H17N5O6. The van der Waals surface area contributed by atoms with Crippen LogP contribution in [-0.4, -0.2) is 25.4 Å². The van der Waals surface area contributed by atoms with Crippen LogP contribution >= 0.6 is 0 Å². The van der Waals surface area contributed by atoms with Gasteiger partial charge in [-0.3, -0.25) is 25.0 Å². The average Bonchev–Trinajstić information content (AvgIpc) is 2.96. The fraction of sp³-hybridized carbons (Fsp3) is 0.211. The first kappa shape index (κ1) is 20.6. The summed E-state index contributed by atoms with van der Waals surface area (Å²) in [5, 5.41) is 40.6. The van der Waals surface area contributed by atoms with Crippen LogP contribution in [0, 0.1) is 27.2 Å². The number of nitrogens with zero attached hydrogens (tertiary/aromatic N) is 5. The molecule has 1 aromatic heterocycles. The number of hydrogen-bond donors (Lipinski definition) is 1. The molecule has 1 heterocycles. The molecule has 1 amide bonds. The molecule has 0 aliphatic rings. The fourth-order valence-corrected chi connectivity index (χ4v) is 3.10. The maximum absolute atomic E-state index is 12.4. The zero-order valence-electron chi connectivity index (χ0n) is 16.3. The van der Waals surface area contributed by atoms with E-state index in [-0.39, 0.29) is 23.2 Å². The molecule has 0 unspecified atom stereocenters. The van der Waals surface area contributed by atoms with Gasteiger partial charge in [0.2, 0.25) is 5.88 Å². The van der Waals surface area contributed by atoms with Crippen molar-refractivity contribution in [1.82, 2.24) is 4.57 Å². The van der Waals surface area contributed by atoms with Crippen molar-refractivity contribution >= 4 is 33.9 Å². The van der Waals surface area contributed by atoms with Gasteiger partial charge in [-0.25, -0.2) is 0 Å². The zero-order chi connectivity index (χ0) is 22.2. The zero-order valence-corrected chi connectivity index (χ0v) is 16.3. The molecule has 0 fully saturated rings. The largest absolute Gasteiger partial charge is 0.493 e. The number of non-ortho nitro benzene ring substituents is 2. The van der Waals surface area contributed by atoms with Gasteiger partial charge in [-0.15, -0.1) is 10.2 Å². The van der Waals surface area contributed by atoms with E-state index in [1.165, 1.54) is 0 Å². The summed E-state index contributed by atoms with van der Waals surface area (Å²) >= 11 is 0. The molecule has 11 nitrogen and oxygen atoms in total. The molecule has 0 saturated carbocycles. The van der Waals surface area contributed by atoms with Crippen LogP contribution in [0.25, 0.3) is 10.9 Å². The molecule has 11 heteroatoms. The Morgan fingerprint density at radius 2 is 1.67 bits per heavy atom. The third-order valence-corrected chi connectivity index (χ3v) is 4.44. The van der Waals surface area contributed by atoms with E-state index in [4.69, 9.17) is 0 Å². The Morgan fingerprint density at radius 3 is 2.20 bits per heavy atom. The van der Waals surface area contributed by atoms with Crippen molar-refractivity contribution in [2.45, 2.75) is 26.8 Å². The Hall–Kier alpha value is -4.15. The minimum absolute atomic E-state index is 0.0654. The second kappa shape index (κ2) is 7.70. The molecule has 0 spiro atoms. The summed E-state index contributed by atoms with van der Waals surface area (Å²) in [6.45, 7) is 5.60. The molecule has 154 valence electrons. The predicted octanol–water partition coefficient (Wildman–Crippen LogP) is 4.98. The summed E-state index contributed by atoms with van der Waals surface area (Å²) < 4.78 is 1.63. The summed E-state index contributed by atoms with van der Waals surface area (Å²) in [6, 6.07) is 7.88. The highest BCUT2D eigenvalue weighted by Gasteiger charge is 2.21. The molecule has 0 saturated heterocycles. The van der Waals surface area contributed by atoms with Crippen molar-refractivity contribution in [2.24, 2.45) is 10.2 Å². The molecule has 3 aromatic rings. The lowest BCUT2D eigenvalue weighted by Crippen LogP contribution is -1.99. The summed E-state index contributed by atoms with van der Waals surface area (Å²) in [6.07, 6.45) is 0. The number of aromatic nitrogens is 1. The van der Waals surface area contributed by atoms with E-state index in [1.54, 1.807) is 10.6 Å². The third kappa shape index (κ3) is 3.72. The Balaban J connectivity index is 2.09. The smallest absolute Gasteiger partial charge is 0.295 e. The van der Waals surface area contributed by atoms with Gasteiger partial charge in [-0.05, 0) is 32.9 Å². The molecule has 0 radical (unpaired) electrons. The van der Waals surface area contributed by atoms with Crippen LogP contribution < -0.4 is 0 Å². The maximum atomic E-state index is 12.4. The molecule has 3 rings (SSSR count). The first-order valence-electron chi connectivity index (χ1n) is 8.83. The van der Waals surface area contributed by atoms with Crippen molar-refractivity contribution in [3.63, 3.8) is 0 Å². The van der Waals surface area contributed by atoms with Crippen molar-refractivity contribution in [3.05, 3.63) is 67.8 Å². The summed E-state index contributed by atoms with van der Waals surface area (Å²) in [5.41, 5.74) is 0.0786. The SMILES string of the molecule is Cc1ccc2c(c1)c(N=NC(=O)c1cc([N+](=O)[O-])cc([N+](=O)[O-])c1)c(O)n2C(C)C. The fourth-order valence-electron chi connectivity index (χ4n) is 3.10. The highest BCUT2D eigenvalue weighted by Crippen LogP contribution is 2.41. The first-order valence-corrected chi connectivity index (χ1v) is 8.83. The standard InChI is InChI=1S/C19H17N5O6/c1-10(2)22-16-5-4-11(3)6-15(16)17(19(22)26)20-21-18(25)12-7-13(23(27)28)9-14(8-12)24(29)30/h4-10,26H,1-3H3. The van der Waals surface area contributed by atoms with Crippen molar-refractivity contribution in [3.8, 4) is 5.88 Å². The van der Waals surface area contributed by atoms with Gasteiger partial charge in [0.25, 0.3) is 17.3 Å². The number of carbonyl (C=O) groups excluding carboxylic acids is 1. The molecule has 0 aliphatic heterocycles. The summed E-state index contributed by atoms with van der Waals surface area (Å²) in [5.74, 6) is -1.20. The molecule has 0 aliphatic carbocycles. The van der Waals surface area contributed by atoms with E-state index in [2.05, 4.69) is 10.2 Å². The van der Waals surface area contributed by atoms with E-state index < -0.39 is 27.1 Å². The summed E-state index contributed by atoms with van der Waals surface area (Å²) in [7, 11) is 0. The van der Waals surface area contributed by atoms with E-state index in [0.717, 1.165) is 23.8 Å². The van der Waals surface area contributed by atoms with Crippen LogP contribution in [0.5, 0.6) is 5.88 Å². The van der Waals surface area contributed by atoms with E-state index in [0.29, 0.717) is 10.9 Å². The molecule has 0 atom stereocenters. The molecule has 0 bridgehead atoms. The number of amides is 1. The van der Waals surface area contributed by atoms with Crippen LogP contribution in [0.4, 0.5) is 17.1 Å². The Labute approximate surface area is 169 Å². The highest BCUT2D eigenvalue weighted by atomic mass is 16.6. The predicted molar refractivity (Wildman–Crippen MR) is 107 cm³/mol. The van der Waals surface area contributed by atoms with Crippen LogP contribution in [0.1, 0.15) is 35.8 Å². The average molecular weight is 411 g/mol. The lowest BCUT2D eigenvalue weighted by atomic mass is 10.1. The molecule has 2 aromatic carbocycles. The van der Waals surface area contributed by atoms with Gasteiger partial charge in [0.05, 0.1) is 27.0 Å². The number of benzene rings is 2. The Kier molecular flexibility index (Phi) is 5.28. The van der Waals surface area contributed by atoms with Crippen molar-refractivity contribution in [2.75, 3.05) is 0 Å². The van der Waals surface area contributed by atoms with Gasteiger partial charge in [0, 0.05) is 23.6 Å². The number of fused-ring (bicyclic) bond motifs is 1. The normalized spacial score (nSPS) is 11.5. The lowest BCUT2D eigenvalue weighted by molar-refractivity contribution is -0.394. The topological polar surface area (TPSA) is 153 Å². The molecular weight excluding hydrogens is 394 g/mol. The van der Waals surface area contributed by atoms with Crippen LogP contribution in [0.3, 0.4) is 0 Å². The number of aryl methyl sites for hydroxylation is 1. The minimum atomic E-state index is -1.01. The lowest BCUT2D eigenvalue weighted by Gasteiger charge is -2.10. The first-order chi connectivity index (χ1) is 14.1. The van der Waals surface area contributed by atoms with Gasteiger partial charge in [-0.2, -0.15) is 0 Å². The number of rotatable bonds is 5. The molecule has 30 heavy (non-hydrogen) atoms. The minimum Gasteiger partial charge on any atom is -0.493 e. The van der Waals surface area contributed by atoms with E-state index in [9.17, 15) is 30.1 Å². The van der Waals surface area contributed by atoms with Gasteiger partial charge >= 0.3 is 0 Å². The maximum Gasteiger partial charge on any atom is 0.295 e. The van der Waals surface area contributed by atoms with Crippen LogP contribution in [0.2, 0.25) is 0 Å². The number of nitro groups is 2. The van der Waals surface area contributed by atoms with E-state index in [1.807, 2.05) is 32.9 Å². The van der Waals surface area contributed by atoms with Crippen molar-refractivity contribution in [1.29, 1.82) is 0 Å². The second-order valence-electron chi connectivity index (χ2n) is 6.91. The van der Waals surface area contributed by atoms with Crippen LogP contribution in [0.15, 0.2) is 46.6 Å². The number of nitro benzene ring substituents is 2. The van der Waals surface area contributed by atoms with Crippen molar-refractivity contribution < 1.29 is 19.7 Å². The van der Waals surface area contributed by atoms with Gasteiger partial charge in [-0.1, -0.05) is 11.6 Å². The van der Waals surface area contributed by atoms with Gasteiger partial charge in [0.1, 0.15) is 0 Å². The number of azo groups is 1. The number of aromatic hydroxyl groups is 1. The summed E-state index contributed by atoms with van der Waals surface area (Å²) in [4.78, 5) is 32.7. The third-order valence-electron chi connectivity index (χ3n) is 4.44. The second-order valence-corrected chi connectivity index (χ2v) is 6.91. The van der Waals surface area contributed by atoms with E-state index >= 15 is 0 Å².